The number of hydrogen-bond donors (Lipinski definition) is 1. The molecule has 1 aliphatic rings. The van der Waals surface area contributed by atoms with E-state index in [9.17, 15) is 18.4 Å². The van der Waals surface area contributed by atoms with E-state index in [0.29, 0.717) is 23.1 Å². The molecule has 1 N–H and O–H groups in total. The van der Waals surface area contributed by atoms with Gasteiger partial charge in [0.2, 0.25) is 11.8 Å². The number of rotatable bonds is 4. The van der Waals surface area contributed by atoms with Crippen molar-refractivity contribution in [1.82, 2.24) is 9.88 Å². The van der Waals surface area contributed by atoms with E-state index >= 15 is 0 Å². The Bertz CT molecular complexity index is 797. The van der Waals surface area contributed by atoms with E-state index in [1.54, 1.807) is 19.2 Å². The van der Waals surface area contributed by atoms with Gasteiger partial charge in [-0.1, -0.05) is 0 Å². The van der Waals surface area contributed by atoms with Crippen LogP contribution in [0.4, 0.5) is 14.5 Å². The summed E-state index contributed by atoms with van der Waals surface area (Å²) in [6.07, 6.45) is 1.65. The zero-order chi connectivity index (χ0) is 17.3. The summed E-state index contributed by atoms with van der Waals surface area (Å²) in [4.78, 5) is 29.5. The third-order valence-corrected chi connectivity index (χ3v) is 3.92. The molecule has 0 aliphatic carbocycles. The minimum absolute atomic E-state index is 0.0122. The van der Waals surface area contributed by atoms with Gasteiger partial charge in [0, 0.05) is 31.6 Å². The number of anilines is 1. The van der Waals surface area contributed by atoms with E-state index in [4.69, 9.17) is 0 Å². The smallest absolute Gasteiger partial charge is 0.387 e. The predicted molar refractivity (Wildman–Crippen MR) is 82.7 cm³/mol. The summed E-state index contributed by atoms with van der Waals surface area (Å²) >= 11 is 0. The fourth-order valence-corrected chi connectivity index (χ4v) is 2.72. The van der Waals surface area contributed by atoms with Gasteiger partial charge >= 0.3 is 6.61 Å². The number of likely N-dealkylation sites (tertiary alicyclic amines) is 1. The zero-order valence-corrected chi connectivity index (χ0v) is 12.8. The molecule has 0 saturated carbocycles. The summed E-state index contributed by atoms with van der Waals surface area (Å²) in [5.74, 6) is -0.846. The number of fused-ring (bicyclic) bond motifs is 1. The molecule has 2 amide bonds. The average Bonchev–Trinajstić information content (AvgIpc) is 2.89. The van der Waals surface area contributed by atoms with Gasteiger partial charge in [-0.25, -0.2) is 0 Å². The van der Waals surface area contributed by atoms with Gasteiger partial charge in [0.15, 0.2) is 0 Å². The van der Waals surface area contributed by atoms with Gasteiger partial charge in [0.05, 0.1) is 17.1 Å². The first-order valence-corrected chi connectivity index (χ1v) is 7.33. The highest BCUT2D eigenvalue weighted by Crippen LogP contribution is 2.31. The molecule has 126 valence electrons. The Morgan fingerprint density at radius 1 is 1.42 bits per heavy atom. The molecule has 2 aromatic rings. The van der Waals surface area contributed by atoms with Crippen LogP contribution in [0.3, 0.4) is 0 Å². The first kappa shape index (κ1) is 16.1. The second-order valence-corrected chi connectivity index (χ2v) is 5.55. The molecule has 6 nitrogen and oxygen atoms in total. The van der Waals surface area contributed by atoms with Gasteiger partial charge in [-0.3, -0.25) is 14.6 Å². The van der Waals surface area contributed by atoms with Crippen LogP contribution in [0.15, 0.2) is 30.5 Å². The number of pyridine rings is 1. The standard InChI is InChI=1S/C16H15F2N3O3/c1-21-8-9(7-13(21)22)15(23)20-11-4-5-12(24-16(17)18)10-3-2-6-19-14(10)11/h2-6,9,16H,7-8H2,1H3,(H,20,23). The highest BCUT2D eigenvalue weighted by atomic mass is 19.3. The van der Waals surface area contributed by atoms with Crippen molar-refractivity contribution in [3.63, 3.8) is 0 Å². The van der Waals surface area contributed by atoms with Crippen LogP contribution in [0, 0.1) is 5.92 Å². The molecular weight excluding hydrogens is 320 g/mol. The monoisotopic (exact) mass is 335 g/mol. The van der Waals surface area contributed by atoms with Crippen molar-refractivity contribution in [2.75, 3.05) is 18.9 Å². The quantitative estimate of drug-likeness (QED) is 0.930. The van der Waals surface area contributed by atoms with Crippen LogP contribution in [0.25, 0.3) is 10.9 Å². The second-order valence-electron chi connectivity index (χ2n) is 5.55. The number of amides is 2. The molecule has 1 aromatic carbocycles. The normalized spacial score (nSPS) is 17.6. The van der Waals surface area contributed by atoms with Crippen LogP contribution in [-0.2, 0) is 9.59 Å². The first-order chi connectivity index (χ1) is 11.5. The molecule has 1 unspecified atom stereocenters. The topological polar surface area (TPSA) is 71.5 Å². The van der Waals surface area contributed by atoms with E-state index in [-0.39, 0.29) is 24.0 Å². The highest BCUT2D eigenvalue weighted by Gasteiger charge is 2.32. The van der Waals surface area contributed by atoms with E-state index in [1.165, 1.54) is 23.2 Å². The number of hydrogen-bond acceptors (Lipinski definition) is 4. The van der Waals surface area contributed by atoms with Gasteiger partial charge in [-0.05, 0) is 24.3 Å². The Hall–Kier alpha value is -2.77. The molecule has 0 radical (unpaired) electrons. The fraction of sp³-hybridized carbons (Fsp3) is 0.312. The molecule has 0 spiro atoms. The van der Waals surface area contributed by atoms with Crippen molar-refractivity contribution in [2.45, 2.75) is 13.0 Å². The molecule has 24 heavy (non-hydrogen) atoms. The molecule has 3 rings (SSSR count). The van der Waals surface area contributed by atoms with Crippen LogP contribution >= 0.6 is 0 Å². The lowest BCUT2D eigenvalue weighted by Crippen LogP contribution is -2.25. The molecule has 1 aromatic heterocycles. The van der Waals surface area contributed by atoms with Gasteiger partial charge < -0.3 is 15.0 Å². The van der Waals surface area contributed by atoms with E-state index in [1.807, 2.05) is 0 Å². The SMILES string of the molecule is CN1CC(C(=O)Nc2ccc(OC(F)F)c3cccnc23)CC1=O. The van der Waals surface area contributed by atoms with Crippen molar-refractivity contribution < 1.29 is 23.1 Å². The maximum absolute atomic E-state index is 12.5. The van der Waals surface area contributed by atoms with Gasteiger partial charge in [0.25, 0.3) is 0 Å². The number of nitrogens with one attached hydrogen (secondary N) is 1. The Morgan fingerprint density at radius 3 is 2.88 bits per heavy atom. The fourth-order valence-electron chi connectivity index (χ4n) is 2.72. The van der Waals surface area contributed by atoms with Crippen molar-refractivity contribution in [3.8, 4) is 5.75 Å². The Morgan fingerprint density at radius 2 is 2.21 bits per heavy atom. The van der Waals surface area contributed by atoms with Crippen molar-refractivity contribution >= 4 is 28.4 Å². The van der Waals surface area contributed by atoms with Crippen LogP contribution in [0.5, 0.6) is 5.75 Å². The second kappa shape index (κ2) is 6.38. The molecule has 8 heteroatoms. The summed E-state index contributed by atoms with van der Waals surface area (Å²) in [7, 11) is 1.64. The number of halogens is 2. The summed E-state index contributed by atoms with van der Waals surface area (Å²) in [5, 5.41) is 3.10. The minimum Gasteiger partial charge on any atom is -0.434 e. The van der Waals surface area contributed by atoms with Crippen LogP contribution < -0.4 is 10.1 Å². The van der Waals surface area contributed by atoms with Crippen molar-refractivity contribution in [1.29, 1.82) is 0 Å². The van der Waals surface area contributed by atoms with Crippen molar-refractivity contribution in [2.24, 2.45) is 5.92 Å². The lowest BCUT2D eigenvalue weighted by Gasteiger charge is -2.14. The number of ether oxygens (including phenoxy) is 1. The number of nitrogens with zero attached hydrogens (tertiary/aromatic N) is 2. The van der Waals surface area contributed by atoms with Gasteiger partial charge in [-0.2, -0.15) is 8.78 Å². The number of aromatic nitrogens is 1. The predicted octanol–water partition coefficient (Wildman–Crippen LogP) is 2.25. The summed E-state index contributed by atoms with van der Waals surface area (Å²) < 4.78 is 29.5. The van der Waals surface area contributed by atoms with E-state index < -0.39 is 12.5 Å². The molecule has 0 bridgehead atoms. The van der Waals surface area contributed by atoms with E-state index in [2.05, 4.69) is 15.0 Å². The van der Waals surface area contributed by atoms with E-state index in [0.717, 1.165) is 0 Å². The summed E-state index contributed by atoms with van der Waals surface area (Å²) in [6, 6.07) is 6.00. The zero-order valence-electron chi connectivity index (χ0n) is 12.8. The van der Waals surface area contributed by atoms with Crippen molar-refractivity contribution in [3.05, 3.63) is 30.5 Å². The third kappa shape index (κ3) is 3.12. The van der Waals surface area contributed by atoms with Gasteiger partial charge in [0.1, 0.15) is 5.75 Å². The molecule has 2 heterocycles. The maximum Gasteiger partial charge on any atom is 0.387 e. The van der Waals surface area contributed by atoms with Gasteiger partial charge in [-0.15, -0.1) is 0 Å². The Labute approximate surface area is 136 Å². The lowest BCUT2D eigenvalue weighted by molar-refractivity contribution is -0.127. The number of alkyl halides is 2. The minimum atomic E-state index is -2.95. The van der Waals surface area contributed by atoms with Crippen LogP contribution in [0.1, 0.15) is 6.42 Å². The summed E-state index contributed by atoms with van der Waals surface area (Å²) in [5.41, 5.74) is 0.737. The first-order valence-electron chi connectivity index (χ1n) is 7.33. The highest BCUT2D eigenvalue weighted by molar-refractivity contribution is 6.04. The Balaban J connectivity index is 1.88. The lowest BCUT2D eigenvalue weighted by atomic mass is 10.1. The molecule has 1 saturated heterocycles. The summed E-state index contributed by atoms with van der Waals surface area (Å²) in [6.45, 7) is -2.60. The number of benzene rings is 1. The average molecular weight is 335 g/mol. The molecule has 1 atom stereocenters. The van der Waals surface area contributed by atoms with Crippen LogP contribution in [-0.4, -0.2) is 41.9 Å². The van der Waals surface area contributed by atoms with Crippen LogP contribution in [0.2, 0.25) is 0 Å². The maximum atomic E-state index is 12.5. The largest absolute Gasteiger partial charge is 0.434 e. The molecule has 1 aliphatic heterocycles. The third-order valence-electron chi connectivity index (χ3n) is 3.92. The number of carbonyl (C=O) groups is 2. The Kier molecular flexibility index (Phi) is 4.28. The molecular formula is C16H15F2N3O3. The molecule has 1 fully saturated rings. The number of carbonyl (C=O) groups excluding carboxylic acids is 2.